The minimum atomic E-state index is -0.326. The number of rotatable bonds is 2. The summed E-state index contributed by atoms with van der Waals surface area (Å²) < 4.78 is 0. The molecule has 0 N–H and O–H groups in total. The van der Waals surface area contributed by atoms with Gasteiger partial charge in [-0.05, 0) is 36.4 Å². The van der Waals surface area contributed by atoms with Crippen LogP contribution in [0.15, 0.2) is 54.2 Å². The number of nitrogens with zero attached hydrogens (tertiary/aromatic N) is 2. The Bertz CT molecular complexity index is 741. The predicted molar refractivity (Wildman–Crippen MR) is 80.8 cm³/mol. The lowest BCUT2D eigenvalue weighted by Gasteiger charge is -2.13. The third kappa shape index (κ3) is 2.71. The number of amides is 2. The summed E-state index contributed by atoms with van der Waals surface area (Å²) >= 11 is 5.91. The molecule has 2 heterocycles. The average Bonchev–Trinajstić information content (AvgIpc) is 2.74. The van der Waals surface area contributed by atoms with Gasteiger partial charge >= 0.3 is 0 Å². The maximum absolute atomic E-state index is 12.4. The van der Waals surface area contributed by atoms with Crippen LogP contribution in [-0.4, -0.2) is 16.8 Å². The third-order valence-electron chi connectivity index (χ3n) is 3.15. The Labute approximate surface area is 126 Å². The van der Waals surface area contributed by atoms with Crippen molar-refractivity contribution in [2.24, 2.45) is 0 Å². The molecule has 0 spiro atoms. The molecule has 0 unspecified atom stereocenters. The topological polar surface area (TPSA) is 50.3 Å². The molecular weight excluding hydrogens is 288 g/mol. The van der Waals surface area contributed by atoms with Crippen LogP contribution in [0.4, 0.5) is 5.69 Å². The van der Waals surface area contributed by atoms with Crippen LogP contribution in [0.1, 0.15) is 12.1 Å². The van der Waals surface area contributed by atoms with Crippen molar-refractivity contribution in [1.82, 2.24) is 4.98 Å². The number of benzene rings is 1. The van der Waals surface area contributed by atoms with Crippen molar-refractivity contribution in [3.8, 4) is 0 Å². The Morgan fingerprint density at radius 2 is 2.00 bits per heavy atom. The number of imide groups is 1. The van der Waals surface area contributed by atoms with Crippen LogP contribution in [0.25, 0.3) is 6.08 Å². The molecule has 4 nitrogen and oxygen atoms in total. The standard InChI is InChI=1S/C16H11ClN2O2/c17-12-4-3-6-14(10-12)19-15(20)9-11(16(19)21)8-13-5-1-2-7-18-13/h1-8,10H,9H2/b11-8+. The molecule has 2 amide bonds. The summed E-state index contributed by atoms with van der Waals surface area (Å²) in [5.74, 6) is -0.586. The number of anilines is 1. The minimum Gasteiger partial charge on any atom is -0.274 e. The maximum Gasteiger partial charge on any atom is 0.261 e. The summed E-state index contributed by atoms with van der Waals surface area (Å²) in [6.07, 6.45) is 3.36. The lowest BCUT2D eigenvalue weighted by Crippen LogP contribution is -2.28. The quantitative estimate of drug-likeness (QED) is 0.632. The van der Waals surface area contributed by atoms with E-state index in [0.29, 0.717) is 22.0 Å². The first-order chi connectivity index (χ1) is 10.1. The molecular formula is C16H11ClN2O2. The van der Waals surface area contributed by atoms with E-state index in [2.05, 4.69) is 4.98 Å². The summed E-state index contributed by atoms with van der Waals surface area (Å²) in [6.45, 7) is 0. The normalized spacial score (nSPS) is 16.8. The van der Waals surface area contributed by atoms with Crippen molar-refractivity contribution in [3.05, 3.63) is 65.0 Å². The van der Waals surface area contributed by atoms with Crippen molar-refractivity contribution < 1.29 is 9.59 Å². The first-order valence-electron chi connectivity index (χ1n) is 6.39. The van der Waals surface area contributed by atoms with Gasteiger partial charge in [-0.2, -0.15) is 0 Å². The largest absolute Gasteiger partial charge is 0.274 e. The van der Waals surface area contributed by atoms with Crippen molar-refractivity contribution in [2.75, 3.05) is 4.90 Å². The Balaban J connectivity index is 1.94. The predicted octanol–water partition coefficient (Wildman–Crippen LogP) is 3.08. The lowest BCUT2D eigenvalue weighted by atomic mass is 10.2. The van der Waals surface area contributed by atoms with Crippen LogP contribution in [0, 0.1) is 0 Å². The summed E-state index contributed by atoms with van der Waals surface area (Å²) in [5, 5.41) is 0.482. The van der Waals surface area contributed by atoms with E-state index in [9.17, 15) is 9.59 Å². The van der Waals surface area contributed by atoms with E-state index in [-0.39, 0.29) is 18.2 Å². The van der Waals surface area contributed by atoms with Crippen LogP contribution in [0.3, 0.4) is 0 Å². The zero-order valence-corrected chi connectivity index (χ0v) is 11.7. The first-order valence-corrected chi connectivity index (χ1v) is 6.77. The van der Waals surface area contributed by atoms with Crippen LogP contribution in [-0.2, 0) is 9.59 Å². The molecule has 1 aromatic carbocycles. The summed E-state index contributed by atoms with van der Waals surface area (Å²) in [5.41, 5.74) is 1.57. The summed E-state index contributed by atoms with van der Waals surface area (Å²) in [4.78, 5) is 29.8. The van der Waals surface area contributed by atoms with E-state index < -0.39 is 0 Å². The molecule has 0 bridgehead atoms. The number of hydrogen-bond donors (Lipinski definition) is 0. The average molecular weight is 299 g/mol. The second-order valence-electron chi connectivity index (χ2n) is 4.62. The van der Waals surface area contributed by atoms with Gasteiger partial charge in [-0.15, -0.1) is 0 Å². The molecule has 5 heteroatoms. The SMILES string of the molecule is O=C1C/C(=C\c2ccccn2)C(=O)N1c1cccc(Cl)c1. The minimum absolute atomic E-state index is 0.0714. The fourth-order valence-electron chi connectivity index (χ4n) is 2.20. The molecule has 3 rings (SSSR count). The monoisotopic (exact) mass is 298 g/mol. The molecule has 1 aliphatic rings. The number of carbonyl (C=O) groups is 2. The molecule has 1 aliphatic heterocycles. The van der Waals surface area contributed by atoms with Gasteiger partial charge in [0.25, 0.3) is 5.91 Å². The zero-order valence-electron chi connectivity index (χ0n) is 11.0. The first kappa shape index (κ1) is 13.5. The molecule has 21 heavy (non-hydrogen) atoms. The van der Waals surface area contributed by atoms with Crippen molar-refractivity contribution >= 4 is 35.2 Å². The Morgan fingerprint density at radius 1 is 1.14 bits per heavy atom. The highest BCUT2D eigenvalue weighted by atomic mass is 35.5. The van der Waals surface area contributed by atoms with Gasteiger partial charge in [0.1, 0.15) is 0 Å². The zero-order chi connectivity index (χ0) is 14.8. The molecule has 0 saturated carbocycles. The Kier molecular flexibility index (Phi) is 3.54. The fraction of sp³-hybridized carbons (Fsp3) is 0.0625. The number of aromatic nitrogens is 1. The highest BCUT2D eigenvalue weighted by Crippen LogP contribution is 2.28. The molecule has 0 radical (unpaired) electrons. The van der Waals surface area contributed by atoms with Gasteiger partial charge in [-0.25, -0.2) is 4.90 Å². The second-order valence-corrected chi connectivity index (χ2v) is 5.05. The molecule has 1 saturated heterocycles. The summed E-state index contributed by atoms with van der Waals surface area (Å²) in [7, 11) is 0. The number of pyridine rings is 1. The number of halogens is 1. The van der Waals surface area contributed by atoms with Gasteiger partial charge in [-0.3, -0.25) is 14.6 Å². The third-order valence-corrected chi connectivity index (χ3v) is 3.38. The van der Waals surface area contributed by atoms with E-state index in [1.165, 1.54) is 0 Å². The molecule has 1 aromatic heterocycles. The smallest absolute Gasteiger partial charge is 0.261 e. The van der Waals surface area contributed by atoms with Crippen molar-refractivity contribution in [2.45, 2.75) is 6.42 Å². The maximum atomic E-state index is 12.4. The Morgan fingerprint density at radius 3 is 2.71 bits per heavy atom. The van der Waals surface area contributed by atoms with E-state index in [0.717, 1.165) is 4.90 Å². The van der Waals surface area contributed by atoms with Crippen LogP contribution in [0.5, 0.6) is 0 Å². The van der Waals surface area contributed by atoms with Crippen LogP contribution in [0.2, 0.25) is 5.02 Å². The van der Waals surface area contributed by atoms with E-state index >= 15 is 0 Å². The van der Waals surface area contributed by atoms with Gasteiger partial charge in [0.2, 0.25) is 5.91 Å². The summed E-state index contributed by atoms with van der Waals surface area (Å²) in [6, 6.07) is 12.1. The van der Waals surface area contributed by atoms with Crippen LogP contribution < -0.4 is 4.90 Å². The molecule has 2 aromatic rings. The van der Waals surface area contributed by atoms with Gasteiger partial charge in [0.05, 0.1) is 17.8 Å². The van der Waals surface area contributed by atoms with E-state index in [1.54, 1.807) is 48.7 Å². The lowest BCUT2D eigenvalue weighted by molar-refractivity contribution is -0.120. The van der Waals surface area contributed by atoms with Crippen molar-refractivity contribution in [3.63, 3.8) is 0 Å². The number of hydrogen-bond acceptors (Lipinski definition) is 3. The highest BCUT2D eigenvalue weighted by molar-refractivity contribution is 6.32. The van der Waals surface area contributed by atoms with Gasteiger partial charge in [-0.1, -0.05) is 23.7 Å². The molecule has 0 aliphatic carbocycles. The molecule has 104 valence electrons. The molecule has 0 atom stereocenters. The van der Waals surface area contributed by atoms with E-state index in [1.807, 2.05) is 6.07 Å². The fourth-order valence-corrected chi connectivity index (χ4v) is 2.39. The Hall–Kier alpha value is -2.46. The number of carbonyl (C=O) groups excluding carboxylic acids is 2. The van der Waals surface area contributed by atoms with Gasteiger partial charge in [0.15, 0.2) is 0 Å². The van der Waals surface area contributed by atoms with Crippen molar-refractivity contribution in [1.29, 1.82) is 0 Å². The van der Waals surface area contributed by atoms with E-state index in [4.69, 9.17) is 11.6 Å². The van der Waals surface area contributed by atoms with Gasteiger partial charge in [0, 0.05) is 16.8 Å². The second kappa shape index (κ2) is 5.50. The highest BCUT2D eigenvalue weighted by Gasteiger charge is 2.35. The molecule has 1 fully saturated rings. The van der Waals surface area contributed by atoms with Gasteiger partial charge < -0.3 is 0 Å². The van der Waals surface area contributed by atoms with Crippen LogP contribution >= 0.6 is 11.6 Å².